The minimum absolute atomic E-state index is 0.0620. The molecule has 0 radical (unpaired) electrons. The van der Waals surface area contributed by atoms with Crippen LogP contribution in [0.1, 0.15) is 23.2 Å². The van der Waals surface area contributed by atoms with Gasteiger partial charge < -0.3 is 10.1 Å². The summed E-state index contributed by atoms with van der Waals surface area (Å²) in [4.78, 5) is 14.0. The molecular formula is C12H13IN2O2. The fourth-order valence-electron chi connectivity index (χ4n) is 1.87. The van der Waals surface area contributed by atoms with E-state index in [2.05, 4.69) is 27.7 Å². The summed E-state index contributed by atoms with van der Waals surface area (Å²) in [6.07, 6.45) is 1.32. The molecule has 4 nitrogen and oxygen atoms in total. The molecule has 90 valence electrons. The number of nitrogens with zero attached hydrogens (tertiary/aromatic N) is 2. The van der Waals surface area contributed by atoms with E-state index in [0.29, 0.717) is 25.9 Å². The van der Waals surface area contributed by atoms with Crippen molar-refractivity contribution in [3.05, 3.63) is 33.4 Å². The smallest absolute Gasteiger partial charge is 0.254 e. The maximum absolute atomic E-state index is 12.2. The first-order chi connectivity index (χ1) is 8.22. The van der Waals surface area contributed by atoms with Gasteiger partial charge in [0.2, 0.25) is 0 Å². The second kappa shape index (κ2) is 5.48. The van der Waals surface area contributed by atoms with Gasteiger partial charge in [-0.2, -0.15) is 0 Å². The van der Waals surface area contributed by atoms with Crippen molar-refractivity contribution in [2.75, 3.05) is 13.1 Å². The molecule has 1 aromatic rings. The number of carbonyl (C=O) groups is 1. The molecule has 1 aliphatic rings. The fourth-order valence-corrected chi connectivity index (χ4v) is 2.49. The Kier molecular flexibility index (Phi) is 3.98. The molecule has 1 aromatic carbocycles. The Labute approximate surface area is 113 Å². The lowest BCUT2D eigenvalue weighted by Crippen LogP contribution is -2.39. The number of amides is 1. The predicted octanol–water partition coefficient (Wildman–Crippen LogP) is 2.36. The number of piperidine rings is 1. The van der Waals surface area contributed by atoms with Gasteiger partial charge in [0, 0.05) is 29.5 Å². The summed E-state index contributed by atoms with van der Waals surface area (Å²) in [5.74, 6) is 0.0620. The SMILES string of the molecule is O=C(c1ccccc1I)N1CCC(=NO)CC1. The van der Waals surface area contributed by atoms with Gasteiger partial charge in [-0.15, -0.1) is 0 Å². The van der Waals surface area contributed by atoms with Gasteiger partial charge in [0.15, 0.2) is 0 Å². The number of likely N-dealkylation sites (tertiary alicyclic amines) is 1. The Morgan fingerprint density at radius 3 is 2.53 bits per heavy atom. The molecule has 1 N–H and O–H groups in total. The van der Waals surface area contributed by atoms with Gasteiger partial charge in [-0.05, 0) is 34.7 Å². The molecule has 1 saturated heterocycles. The summed E-state index contributed by atoms with van der Waals surface area (Å²) >= 11 is 2.17. The van der Waals surface area contributed by atoms with E-state index in [4.69, 9.17) is 5.21 Å². The van der Waals surface area contributed by atoms with E-state index < -0.39 is 0 Å². The lowest BCUT2D eigenvalue weighted by Gasteiger charge is -2.27. The van der Waals surface area contributed by atoms with E-state index in [9.17, 15) is 4.79 Å². The maximum Gasteiger partial charge on any atom is 0.254 e. The standard InChI is InChI=1S/C12H13IN2O2/c13-11-4-2-1-3-10(11)12(16)15-7-5-9(14-17)6-8-15/h1-4,17H,5-8H2. The molecule has 0 bridgehead atoms. The Bertz CT molecular complexity index is 450. The summed E-state index contributed by atoms with van der Waals surface area (Å²) < 4.78 is 0.969. The summed E-state index contributed by atoms with van der Waals surface area (Å²) in [6.45, 7) is 1.26. The maximum atomic E-state index is 12.2. The van der Waals surface area contributed by atoms with Crippen LogP contribution >= 0.6 is 22.6 Å². The van der Waals surface area contributed by atoms with E-state index in [1.807, 2.05) is 29.2 Å². The third kappa shape index (κ3) is 2.77. The number of hydrogen-bond donors (Lipinski definition) is 1. The van der Waals surface area contributed by atoms with Crippen molar-refractivity contribution in [3.63, 3.8) is 0 Å². The molecule has 1 fully saturated rings. The molecule has 5 heteroatoms. The zero-order chi connectivity index (χ0) is 12.3. The zero-order valence-corrected chi connectivity index (χ0v) is 11.4. The first-order valence-corrected chi connectivity index (χ1v) is 6.54. The summed E-state index contributed by atoms with van der Waals surface area (Å²) in [6, 6.07) is 7.57. The van der Waals surface area contributed by atoms with Crippen molar-refractivity contribution in [1.29, 1.82) is 0 Å². The molecular weight excluding hydrogens is 331 g/mol. The van der Waals surface area contributed by atoms with Gasteiger partial charge >= 0.3 is 0 Å². The predicted molar refractivity (Wildman–Crippen MR) is 73.5 cm³/mol. The highest BCUT2D eigenvalue weighted by molar-refractivity contribution is 14.1. The summed E-state index contributed by atoms with van der Waals surface area (Å²) in [5, 5.41) is 11.9. The first-order valence-electron chi connectivity index (χ1n) is 5.46. The molecule has 0 unspecified atom stereocenters. The van der Waals surface area contributed by atoms with Crippen LogP contribution in [-0.4, -0.2) is 34.8 Å². The third-order valence-electron chi connectivity index (χ3n) is 2.87. The second-order valence-corrected chi connectivity index (χ2v) is 5.10. The monoisotopic (exact) mass is 344 g/mol. The minimum atomic E-state index is 0.0620. The van der Waals surface area contributed by atoms with Gasteiger partial charge in [0.1, 0.15) is 0 Å². The van der Waals surface area contributed by atoms with Crippen molar-refractivity contribution in [3.8, 4) is 0 Å². The molecule has 1 amide bonds. The lowest BCUT2D eigenvalue weighted by molar-refractivity contribution is 0.0752. The number of rotatable bonds is 1. The number of carbonyl (C=O) groups excluding carboxylic acids is 1. The molecule has 1 aliphatic heterocycles. The topological polar surface area (TPSA) is 52.9 Å². The van der Waals surface area contributed by atoms with Crippen LogP contribution < -0.4 is 0 Å². The average Bonchev–Trinajstić information content (AvgIpc) is 2.39. The molecule has 0 atom stereocenters. The molecule has 2 rings (SSSR count). The molecule has 0 spiro atoms. The molecule has 0 aliphatic carbocycles. The van der Waals surface area contributed by atoms with Crippen molar-refractivity contribution in [2.24, 2.45) is 5.16 Å². The summed E-state index contributed by atoms with van der Waals surface area (Å²) in [7, 11) is 0. The average molecular weight is 344 g/mol. The minimum Gasteiger partial charge on any atom is -0.411 e. The van der Waals surface area contributed by atoms with E-state index in [0.717, 1.165) is 14.8 Å². The van der Waals surface area contributed by atoms with Crippen LogP contribution in [0.4, 0.5) is 0 Å². The van der Waals surface area contributed by atoms with Crippen LogP contribution in [0.25, 0.3) is 0 Å². The van der Waals surface area contributed by atoms with Gasteiger partial charge in [-0.25, -0.2) is 0 Å². The quantitative estimate of drug-likeness (QED) is 0.483. The molecule has 0 saturated carbocycles. The Balaban J connectivity index is 2.10. The largest absolute Gasteiger partial charge is 0.411 e. The Hall–Kier alpha value is -1.11. The van der Waals surface area contributed by atoms with Crippen LogP contribution in [0.15, 0.2) is 29.4 Å². The summed E-state index contributed by atoms with van der Waals surface area (Å²) in [5.41, 5.74) is 1.52. The van der Waals surface area contributed by atoms with E-state index in [1.54, 1.807) is 0 Å². The first kappa shape index (κ1) is 12.3. The lowest BCUT2D eigenvalue weighted by atomic mass is 10.1. The third-order valence-corrected chi connectivity index (χ3v) is 3.81. The van der Waals surface area contributed by atoms with E-state index in [1.165, 1.54) is 0 Å². The van der Waals surface area contributed by atoms with Crippen LogP contribution in [0, 0.1) is 3.57 Å². The fraction of sp³-hybridized carbons (Fsp3) is 0.333. The van der Waals surface area contributed by atoms with Crippen molar-refractivity contribution in [1.82, 2.24) is 4.90 Å². The van der Waals surface area contributed by atoms with Crippen molar-refractivity contribution < 1.29 is 10.0 Å². The van der Waals surface area contributed by atoms with Crippen molar-refractivity contribution in [2.45, 2.75) is 12.8 Å². The van der Waals surface area contributed by atoms with Gasteiger partial charge in [-0.1, -0.05) is 17.3 Å². The van der Waals surface area contributed by atoms with Gasteiger partial charge in [-0.3, -0.25) is 4.79 Å². The number of oxime groups is 1. The van der Waals surface area contributed by atoms with Crippen LogP contribution in [0.2, 0.25) is 0 Å². The highest BCUT2D eigenvalue weighted by Gasteiger charge is 2.22. The highest BCUT2D eigenvalue weighted by atomic mass is 127. The number of halogens is 1. The highest BCUT2D eigenvalue weighted by Crippen LogP contribution is 2.16. The second-order valence-electron chi connectivity index (χ2n) is 3.94. The van der Waals surface area contributed by atoms with Crippen LogP contribution in [-0.2, 0) is 0 Å². The molecule has 1 heterocycles. The van der Waals surface area contributed by atoms with Crippen molar-refractivity contribution >= 4 is 34.2 Å². The molecule has 0 aromatic heterocycles. The Morgan fingerprint density at radius 1 is 1.29 bits per heavy atom. The number of hydrogen-bond acceptors (Lipinski definition) is 3. The zero-order valence-electron chi connectivity index (χ0n) is 9.27. The van der Waals surface area contributed by atoms with Crippen LogP contribution in [0.5, 0.6) is 0 Å². The number of benzene rings is 1. The Morgan fingerprint density at radius 2 is 1.94 bits per heavy atom. The van der Waals surface area contributed by atoms with E-state index >= 15 is 0 Å². The molecule has 17 heavy (non-hydrogen) atoms. The van der Waals surface area contributed by atoms with Crippen LogP contribution in [0.3, 0.4) is 0 Å². The van der Waals surface area contributed by atoms with Gasteiger partial charge in [0.25, 0.3) is 5.91 Å². The normalized spacial score (nSPS) is 15.8. The van der Waals surface area contributed by atoms with E-state index in [-0.39, 0.29) is 5.91 Å². The van der Waals surface area contributed by atoms with Gasteiger partial charge in [0.05, 0.1) is 11.3 Å².